The molecule has 0 unspecified atom stereocenters. The monoisotopic (exact) mass is 373 g/mol. The molecule has 0 aliphatic rings. The van der Waals surface area contributed by atoms with Gasteiger partial charge < -0.3 is 10.5 Å². The average Bonchev–Trinajstić information content (AvgIpc) is 2.44. The van der Waals surface area contributed by atoms with Gasteiger partial charge in [-0.3, -0.25) is 0 Å². The van der Waals surface area contributed by atoms with Crippen LogP contribution in [0, 0.1) is 0 Å². The van der Waals surface area contributed by atoms with Gasteiger partial charge in [0, 0.05) is 16.6 Å². The molecule has 0 heterocycles. The molecule has 0 aromatic heterocycles. The average molecular weight is 375 g/mol. The number of halogens is 3. The summed E-state index contributed by atoms with van der Waals surface area (Å²) in [6.07, 6.45) is 0.897. The quantitative estimate of drug-likeness (QED) is 0.670. The van der Waals surface area contributed by atoms with Gasteiger partial charge in [0.1, 0.15) is 11.5 Å². The van der Waals surface area contributed by atoms with E-state index in [4.69, 9.17) is 33.7 Å². The Kier molecular flexibility index (Phi) is 5.33. The summed E-state index contributed by atoms with van der Waals surface area (Å²) < 4.78 is 6.47. The van der Waals surface area contributed by atoms with E-state index in [1.54, 1.807) is 12.1 Å². The molecule has 0 aliphatic carbocycles. The van der Waals surface area contributed by atoms with Crippen LogP contribution in [-0.4, -0.2) is 0 Å². The molecule has 2 rings (SSSR count). The Labute approximate surface area is 137 Å². The summed E-state index contributed by atoms with van der Waals surface area (Å²) in [6.45, 7) is 2.05. The van der Waals surface area contributed by atoms with E-state index in [2.05, 4.69) is 22.9 Å². The highest BCUT2D eigenvalue weighted by molar-refractivity contribution is 9.10. The molecule has 2 aromatic carbocycles. The van der Waals surface area contributed by atoms with Gasteiger partial charge in [-0.25, -0.2) is 0 Å². The molecule has 0 amide bonds. The molecule has 5 heteroatoms. The molecule has 1 atom stereocenters. The predicted octanol–water partition coefficient (Wildman–Crippen LogP) is 5.96. The Morgan fingerprint density at radius 1 is 1.15 bits per heavy atom. The molecule has 0 radical (unpaired) electrons. The largest absolute Gasteiger partial charge is 0.456 e. The van der Waals surface area contributed by atoms with Crippen LogP contribution in [0.4, 0.5) is 0 Å². The van der Waals surface area contributed by atoms with Crippen LogP contribution < -0.4 is 10.5 Å². The van der Waals surface area contributed by atoms with Gasteiger partial charge in [-0.05, 0) is 46.1 Å². The summed E-state index contributed by atoms with van der Waals surface area (Å²) in [4.78, 5) is 0. The molecule has 2 nitrogen and oxygen atoms in total. The van der Waals surface area contributed by atoms with E-state index in [0.717, 1.165) is 16.5 Å². The van der Waals surface area contributed by atoms with Crippen molar-refractivity contribution in [1.82, 2.24) is 0 Å². The van der Waals surface area contributed by atoms with Gasteiger partial charge in [0.2, 0.25) is 0 Å². The Morgan fingerprint density at radius 3 is 2.40 bits per heavy atom. The van der Waals surface area contributed by atoms with Crippen LogP contribution >= 0.6 is 39.1 Å². The molecule has 0 saturated heterocycles. The van der Waals surface area contributed by atoms with E-state index in [0.29, 0.717) is 21.5 Å². The van der Waals surface area contributed by atoms with Gasteiger partial charge in [0.25, 0.3) is 0 Å². The summed E-state index contributed by atoms with van der Waals surface area (Å²) in [7, 11) is 0. The molecule has 0 aliphatic heterocycles. The molecule has 0 saturated carbocycles. The fraction of sp³-hybridized carbons (Fsp3) is 0.200. The molecule has 20 heavy (non-hydrogen) atoms. The first kappa shape index (κ1) is 15.6. The summed E-state index contributed by atoms with van der Waals surface area (Å²) in [5.41, 5.74) is 7.06. The van der Waals surface area contributed by atoms with Crippen molar-refractivity contribution in [2.24, 2.45) is 5.73 Å². The number of hydrogen-bond donors (Lipinski definition) is 1. The van der Waals surface area contributed by atoms with E-state index in [-0.39, 0.29) is 6.04 Å². The molecular formula is C15H14BrCl2NO. The van der Waals surface area contributed by atoms with Gasteiger partial charge in [-0.1, -0.05) is 42.3 Å². The number of hydrogen-bond acceptors (Lipinski definition) is 2. The van der Waals surface area contributed by atoms with Crippen LogP contribution in [-0.2, 0) is 0 Å². The number of benzene rings is 2. The van der Waals surface area contributed by atoms with E-state index >= 15 is 0 Å². The third kappa shape index (κ3) is 3.67. The van der Waals surface area contributed by atoms with Crippen molar-refractivity contribution in [2.45, 2.75) is 19.4 Å². The lowest BCUT2D eigenvalue weighted by Crippen LogP contribution is -2.08. The summed E-state index contributed by atoms with van der Waals surface area (Å²) in [5, 5.41) is 1.05. The molecule has 2 aromatic rings. The smallest absolute Gasteiger partial charge is 0.147 e. The lowest BCUT2D eigenvalue weighted by atomic mass is 10.1. The maximum atomic E-state index is 6.12. The zero-order chi connectivity index (χ0) is 14.7. The summed E-state index contributed by atoms with van der Waals surface area (Å²) in [6, 6.07) is 11.1. The first-order valence-corrected chi connectivity index (χ1v) is 7.74. The number of nitrogens with two attached hydrogens (primary N) is 1. The summed E-state index contributed by atoms with van der Waals surface area (Å²) >= 11 is 15.5. The Hall–Kier alpha value is -0.740. The van der Waals surface area contributed by atoms with Crippen molar-refractivity contribution in [3.8, 4) is 11.5 Å². The molecule has 0 spiro atoms. The van der Waals surface area contributed by atoms with E-state index in [1.807, 2.05) is 24.3 Å². The highest BCUT2D eigenvalue weighted by Crippen LogP contribution is 2.36. The van der Waals surface area contributed by atoms with Crippen LogP contribution in [0.1, 0.15) is 24.9 Å². The van der Waals surface area contributed by atoms with Crippen molar-refractivity contribution < 1.29 is 4.74 Å². The van der Waals surface area contributed by atoms with Crippen LogP contribution in [0.25, 0.3) is 0 Å². The molecular weight excluding hydrogens is 361 g/mol. The molecule has 0 fully saturated rings. The minimum Gasteiger partial charge on any atom is -0.456 e. The second-order valence-corrected chi connectivity index (χ2v) is 6.05. The second kappa shape index (κ2) is 6.81. The lowest BCUT2D eigenvalue weighted by molar-refractivity contribution is 0.482. The van der Waals surface area contributed by atoms with Crippen LogP contribution in [0.3, 0.4) is 0 Å². The predicted molar refractivity (Wildman–Crippen MR) is 87.9 cm³/mol. The zero-order valence-electron chi connectivity index (χ0n) is 10.9. The van der Waals surface area contributed by atoms with E-state index in [1.165, 1.54) is 0 Å². The fourth-order valence-electron chi connectivity index (χ4n) is 1.73. The Balaban J connectivity index is 2.20. The topological polar surface area (TPSA) is 35.2 Å². The second-order valence-electron chi connectivity index (χ2n) is 4.38. The number of ether oxygens (including phenoxy) is 1. The molecule has 2 N–H and O–H groups in total. The van der Waals surface area contributed by atoms with Crippen molar-refractivity contribution in [1.29, 1.82) is 0 Å². The number of rotatable bonds is 4. The van der Waals surface area contributed by atoms with Gasteiger partial charge in [0.15, 0.2) is 0 Å². The van der Waals surface area contributed by atoms with Crippen LogP contribution in [0.15, 0.2) is 40.9 Å². The van der Waals surface area contributed by atoms with Crippen molar-refractivity contribution in [3.05, 3.63) is 56.5 Å². The third-order valence-electron chi connectivity index (χ3n) is 2.95. The van der Waals surface area contributed by atoms with Crippen molar-refractivity contribution in [2.75, 3.05) is 0 Å². The zero-order valence-corrected chi connectivity index (χ0v) is 14.0. The minimum atomic E-state index is 0.0507. The normalized spacial score (nSPS) is 12.2. The van der Waals surface area contributed by atoms with Crippen molar-refractivity contribution in [3.63, 3.8) is 0 Å². The van der Waals surface area contributed by atoms with Gasteiger partial charge in [0.05, 0.1) is 10.0 Å². The maximum Gasteiger partial charge on any atom is 0.147 e. The minimum absolute atomic E-state index is 0.0507. The van der Waals surface area contributed by atoms with Gasteiger partial charge in [-0.15, -0.1) is 0 Å². The lowest BCUT2D eigenvalue weighted by Gasteiger charge is -2.12. The van der Waals surface area contributed by atoms with Gasteiger partial charge in [-0.2, -0.15) is 0 Å². The van der Waals surface area contributed by atoms with Crippen LogP contribution in [0.5, 0.6) is 11.5 Å². The first-order valence-electron chi connectivity index (χ1n) is 6.19. The van der Waals surface area contributed by atoms with Crippen LogP contribution in [0.2, 0.25) is 10.0 Å². The Bertz CT molecular complexity index is 602. The summed E-state index contributed by atoms with van der Waals surface area (Å²) in [5.74, 6) is 1.21. The Morgan fingerprint density at radius 2 is 1.80 bits per heavy atom. The third-order valence-corrected chi connectivity index (χ3v) is 4.44. The maximum absolute atomic E-state index is 6.12. The fourth-order valence-corrected chi connectivity index (χ4v) is 2.56. The SMILES string of the molecule is CC[C@H](N)c1ccc(Oc2cc(Cl)c(Br)cc2Cl)cc1. The highest BCUT2D eigenvalue weighted by Gasteiger charge is 2.09. The standard InChI is InChI=1S/C15H14BrCl2NO/c1-2-14(19)9-3-5-10(6-4-9)20-15-8-12(17)11(16)7-13(15)18/h3-8,14H,2,19H2,1H3/t14-/m0/s1. The molecule has 0 bridgehead atoms. The van der Waals surface area contributed by atoms with Crippen molar-refractivity contribution >= 4 is 39.1 Å². The van der Waals surface area contributed by atoms with E-state index in [9.17, 15) is 0 Å². The first-order chi connectivity index (χ1) is 9.51. The highest BCUT2D eigenvalue weighted by atomic mass is 79.9. The van der Waals surface area contributed by atoms with E-state index < -0.39 is 0 Å². The molecule has 106 valence electrons. The van der Waals surface area contributed by atoms with Gasteiger partial charge >= 0.3 is 0 Å².